The molecule has 0 bridgehead atoms. The molecule has 0 saturated carbocycles. The van der Waals surface area contributed by atoms with Gasteiger partial charge in [0.15, 0.2) is 0 Å². The fraction of sp³-hybridized carbons (Fsp3) is 0.950. The molecule has 30 heavy (non-hydrogen) atoms. The summed E-state index contributed by atoms with van der Waals surface area (Å²) in [7, 11) is 0. The highest BCUT2D eigenvalue weighted by molar-refractivity contribution is 5.76. The lowest BCUT2D eigenvalue weighted by Crippen LogP contribution is -2.53. The molecule has 0 heterocycles. The summed E-state index contributed by atoms with van der Waals surface area (Å²) in [5.41, 5.74) is -0.873. The van der Waals surface area contributed by atoms with Gasteiger partial charge in [0.05, 0.1) is 6.61 Å². The van der Waals surface area contributed by atoms with Crippen molar-refractivity contribution in [3.05, 3.63) is 0 Å². The van der Waals surface area contributed by atoms with Crippen LogP contribution in [0.1, 0.15) is 60.8 Å². The molecule has 0 aliphatic carbocycles. The topological polar surface area (TPSA) is 172 Å². The minimum atomic E-state index is -1.85. The third-order valence-electron chi connectivity index (χ3n) is 4.18. The highest BCUT2D eigenvalue weighted by Gasteiger charge is 2.34. The molecule has 0 aromatic carbocycles. The Kier molecular flexibility index (Phi) is 12.5. The Bertz CT molecular complexity index is 492. The lowest BCUT2D eigenvalue weighted by Gasteiger charge is -2.30. The minimum absolute atomic E-state index is 0.278. The molecule has 0 saturated heterocycles. The number of aliphatic hydroxyl groups is 6. The summed E-state index contributed by atoms with van der Waals surface area (Å²) in [6.07, 6.45) is -6.91. The van der Waals surface area contributed by atoms with Gasteiger partial charge in [-0.2, -0.15) is 0 Å². The SMILES string of the molecule is CC(C)(C)NC(CCCCNC(O)C(O)C(O)C(O)C(O)CO)C(=O)OC(C)(C)C. The molecule has 180 valence electrons. The Morgan fingerprint density at radius 3 is 1.93 bits per heavy atom. The second-order valence-electron chi connectivity index (χ2n) is 9.60. The highest BCUT2D eigenvalue weighted by atomic mass is 16.6. The van der Waals surface area contributed by atoms with E-state index in [0.29, 0.717) is 19.3 Å². The molecule has 0 aliphatic heterocycles. The molecule has 0 spiro atoms. The Hall–Kier alpha value is -0.850. The number of hydrogen-bond acceptors (Lipinski definition) is 10. The third kappa shape index (κ3) is 12.1. The molecule has 8 N–H and O–H groups in total. The van der Waals surface area contributed by atoms with E-state index in [1.165, 1.54) is 0 Å². The molecule has 0 amide bonds. The second-order valence-corrected chi connectivity index (χ2v) is 9.60. The molecule has 0 aromatic rings. The maximum atomic E-state index is 12.5. The monoisotopic (exact) mass is 438 g/mol. The fourth-order valence-corrected chi connectivity index (χ4v) is 2.71. The van der Waals surface area contributed by atoms with Crippen molar-refractivity contribution < 1.29 is 40.2 Å². The summed E-state index contributed by atoms with van der Waals surface area (Å²) in [6, 6.07) is -0.489. The molecular formula is C20H42N2O8. The molecule has 6 atom stereocenters. The van der Waals surface area contributed by atoms with Gasteiger partial charge in [0.1, 0.15) is 42.3 Å². The van der Waals surface area contributed by atoms with Crippen molar-refractivity contribution in [3.8, 4) is 0 Å². The van der Waals surface area contributed by atoms with Crippen LogP contribution in [0.5, 0.6) is 0 Å². The number of unbranched alkanes of at least 4 members (excludes halogenated alkanes) is 1. The van der Waals surface area contributed by atoms with Crippen molar-refractivity contribution in [1.29, 1.82) is 0 Å². The Morgan fingerprint density at radius 1 is 0.900 bits per heavy atom. The lowest BCUT2D eigenvalue weighted by molar-refractivity contribution is -0.158. The van der Waals surface area contributed by atoms with Crippen molar-refractivity contribution in [3.63, 3.8) is 0 Å². The first-order chi connectivity index (χ1) is 13.6. The molecule has 0 aliphatic rings. The fourth-order valence-electron chi connectivity index (χ4n) is 2.71. The first kappa shape index (κ1) is 29.1. The van der Waals surface area contributed by atoms with Gasteiger partial charge in [0.25, 0.3) is 0 Å². The largest absolute Gasteiger partial charge is 0.459 e. The number of hydrogen-bond donors (Lipinski definition) is 8. The van der Waals surface area contributed by atoms with Crippen LogP contribution in [0.15, 0.2) is 0 Å². The van der Waals surface area contributed by atoms with Crippen molar-refractivity contribution in [2.24, 2.45) is 0 Å². The van der Waals surface area contributed by atoms with Crippen molar-refractivity contribution in [2.45, 2.75) is 109 Å². The van der Waals surface area contributed by atoms with Crippen LogP contribution in [0.4, 0.5) is 0 Å². The number of ether oxygens (including phenoxy) is 1. The number of carbonyl (C=O) groups is 1. The van der Waals surface area contributed by atoms with Crippen LogP contribution < -0.4 is 10.6 Å². The number of esters is 1. The molecule has 0 fully saturated rings. The number of carbonyl (C=O) groups excluding carboxylic acids is 1. The van der Waals surface area contributed by atoms with Gasteiger partial charge in [0, 0.05) is 5.54 Å². The van der Waals surface area contributed by atoms with E-state index in [9.17, 15) is 30.3 Å². The first-order valence-corrected chi connectivity index (χ1v) is 10.3. The normalized spacial score (nSPS) is 18.9. The zero-order valence-electron chi connectivity index (χ0n) is 19.0. The minimum Gasteiger partial charge on any atom is -0.459 e. The predicted octanol–water partition coefficient (Wildman–Crippen LogP) is -1.40. The van der Waals surface area contributed by atoms with Crippen LogP contribution in [0.2, 0.25) is 0 Å². The van der Waals surface area contributed by atoms with Crippen LogP contribution in [0.25, 0.3) is 0 Å². The molecule has 0 aromatic heterocycles. The standard InChI is InChI=1S/C20H42N2O8/c1-19(2,3)22-12(18(29)30-20(4,5)6)9-7-8-10-21-17(28)16(27)15(26)14(25)13(24)11-23/h12-17,21-28H,7-11H2,1-6H3. The summed E-state index contributed by atoms with van der Waals surface area (Å²) < 4.78 is 5.47. The summed E-state index contributed by atoms with van der Waals surface area (Å²) in [4.78, 5) is 12.5. The van der Waals surface area contributed by atoms with Gasteiger partial charge in [0.2, 0.25) is 0 Å². The van der Waals surface area contributed by atoms with Crippen LogP contribution in [-0.2, 0) is 9.53 Å². The molecular weight excluding hydrogens is 396 g/mol. The van der Waals surface area contributed by atoms with Crippen LogP contribution in [-0.4, -0.2) is 97.6 Å². The van der Waals surface area contributed by atoms with Gasteiger partial charge in [-0.15, -0.1) is 0 Å². The maximum absolute atomic E-state index is 12.5. The zero-order valence-corrected chi connectivity index (χ0v) is 19.0. The zero-order chi connectivity index (χ0) is 23.7. The lowest BCUT2D eigenvalue weighted by atomic mass is 10.0. The Labute approximate surface area is 179 Å². The van der Waals surface area contributed by atoms with Gasteiger partial charge in [-0.1, -0.05) is 6.42 Å². The highest BCUT2D eigenvalue weighted by Crippen LogP contribution is 2.14. The van der Waals surface area contributed by atoms with E-state index in [1.54, 1.807) is 20.8 Å². The van der Waals surface area contributed by atoms with Crippen molar-refractivity contribution in [1.82, 2.24) is 10.6 Å². The third-order valence-corrected chi connectivity index (χ3v) is 4.18. The van der Waals surface area contributed by atoms with Gasteiger partial charge in [-0.25, -0.2) is 0 Å². The molecule has 10 nitrogen and oxygen atoms in total. The van der Waals surface area contributed by atoms with E-state index in [2.05, 4.69) is 10.6 Å². The maximum Gasteiger partial charge on any atom is 0.323 e. The van der Waals surface area contributed by atoms with E-state index >= 15 is 0 Å². The molecule has 0 radical (unpaired) electrons. The summed E-state index contributed by atoms with van der Waals surface area (Å²) in [5, 5.41) is 63.1. The van der Waals surface area contributed by atoms with Crippen molar-refractivity contribution >= 4 is 5.97 Å². The average Bonchev–Trinajstić information content (AvgIpc) is 2.61. The van der Waals surface area contributed by atoms with Gasteiger partial charge in [-0.05, 0) is 60.9 Å². The summed E-state index contributed by atoms with van der Waals surface area (Å²) in [6.45, 7) is 10.8. The molecule has 6 unspecified atom stereocenters. The van der Waals surface area contributed by atoms with E-state index in [-0.39, 0.29) is 18.1 Å². The molecule has 0 rings (SSSR count). The Morgan fingerprint density at radius 2 is 1.47 bits per heavy atom. The molecule has 10 heteroatoms. The summed E-state index contributed by atoms with van der Waals surface area (Å²) >= 11 is 0. The van der Waals surface area contributed by atoms with E-state index in [1.807, 2.05) is 20.8 Å². The Balaban J connectivity index is 4.51. The number of rotatable bonds is 13. The van der Waals surface area contributed by atoms with Gasteiger partial charge in [-0.3, -0.25) is 15.4 Å². The van der Waals surface area contributed by atoms with Crippen LogP contribution in [0.3, 0.4) is 0 Å². The quantitative estimate of drug-likeness (QED) is 0.0971. The van der Waals surface area contributed by atoms with Crippen molar-refractivity contribution in [2.75, 3.05) is 13.2 Å². The number of aliphatic hydroxyl groups excluding tert-OH is 6. The second kappa shape index (κ2) is 12.9. The van der Waals surface area contributed by atoms with E-state index < -0.39 is 48.9 Å². The van der Waals surface area contributed by atoms with Crippen LogP contribution in [0, 0.1) is 0 Å². The van der Waals surface area contributed by atoms with Gasteiger partial charge < -0.3 is 35.4 Å². The van der Waals surface area contributed by atoms with E-state index in [4.69, 9.17) is 9.84 Å². The van der Waals surface area contributed by atoms with Gasteiger partial charge >= 0.3 is 5.97 Å². The first-order valence-electron chi connectivity index (χ1n) is 10.3. The number of nitrogens with one attached hydrogen (secondary N) is 2. The summed E-state index contributed by atoms with van der Waals surface area (Å²) in [5.74, 6) is -0.333. The smallest absolute Gasteiger partial charge is 0.323 e. The predicted molar refractivity (Wildman–Crippen MR) is 111 cm³/mol. The average molecular weight is 439 g/mol. The van der Waals surface area contributed by atoms with E-state index in [0.717, 1.165) is 0 Å². The van der Waals surface area contributed by atoms with Crippen LogP contribution >= 0.6 is 0 Å².